The number of hydrogen-bond acceptors (Lipinski definition) is 14. The van der Waals surface area contributed by atoms with Crippen LogP contribution in [0.4, 0.5) is 33.2 Å². The fraction of sp³-hybridized carbons (Fsp3) is 0.147. The summed E-state index contributed by atoms with van der Waals surface area (Å²) in [4.78, 5) is 11.2. The molecule has 0 spiro atoms. The van der Waals surface area contributed by atoms with E-state index >= 15 is 0 Å². The summed E-state index contributed by atoms with van der Waals surface area (Å²) in [5, 5.41) is 19.9. The molecule has 56 heavy (non-hydrogen) atoms. The SMILES string of the molecule is COc1cc(N=Nc2ccc3cc(S(=O)(=O)O)cc(S(=O)(=O)O)c3c2)ccc1N=Nc1cc(OCCCS(=O)(=O)O)c(NC(=O)Oc2ccc(Cl)cc2)cc1C. The summed E-state index contributed by atoms with van der Waals surface area (Å²) in [5.74, 6) is -0.0300. The summed E-state index contributed by atoms with van der Waals surface area (Å²) in [5.41, 5.74) is 1.66. The van der Waals surface area contributed by atoms with Crippen molar-refractivity contribution in [2.45, 2.75) is 23.1 Å². The zero-order valence-electron chi connectivity index (χ0n) is 29.0. The van der Waals surface area contributed by atoms with Gasteiger partial charge in [0, 0.05) is 22.5 Å². The van der Waals surface area contributed by atoms with Gasteiger partial charge in [0.1, 0.15) is 27.8 Å². The second-order valence-electron chi connectivity index (χ2n) is 11.6. The summed E-state index contributed by atoms with van der Waals surface area (Å²) in [6.45, 7) is 1.53. The number of aryl methyl sites for hydroxylation is 1. The minimum Gasteiger partial charge on any atom is -0.494 e. The molecule has 5 aromatic carbocycles. The maximum Gasteiger partial charge on any atom is 0.417 e. The number of azo groups is 2. The van der Waals surface area contributed by atoms with E-state index in [9.17, 15) is 39.2 Å². The molecule has 0 fully saturated rings. The van der Waals surface area contributed by atoms with Gasteiger partial charge in [0.25, 0.3) is 30.4 Å². The van der Waals surface area contributed by atoms with Gasteiger partial charge in [-0.25, -0.2) is 4.79 Å². The van der Waals surface area contributed by atoms with Crippen molar-refractivity contribution in [2.75, 3.05) is 24.8 Å². The zero-order chi connectivity index (χ0) is 40.8. The van der Waals surface area contributed by atoms with E-state index in [2.05, 4.69) is 25.8 Å². The van der Waals surface area contributed by atoms with Crippen molar-refractivity contribution in [3.05, 3.63) is 95.5 Å². The van der Waals surface area contributed by atoms with Crippen LogP contribution in [0.15, 0.2) is 115 Å². The highest BCUT2D eigenvalue weighted by Crippen LogP contribution is 2.38. The van der Waals surface area contributed by atoms with Crippen molar-refractivity contribution >= 4 is 87.3 Å². The molecule has 294 valence electrons. The maximum atomic E-state index is 12.7. The lowest BCUT2D eigenvalue weighted by Gasteiger charge is -2.15. The van der Waals surface area contributed by atoms with Crippen LogP contribution in [-0.2, 0) is 30.4 Å². The van der Waals surface area contributed by atoms with Gasteiger partial charge >= 0.3 is 6.09 Å². The van der Waals surface area contributed by atoms with E-state index in [0.717, 1.165) is 6.07 Å². The van der Waals surface area contributed by atoms with Gasteiger partial charge in [0.15, 0.2) is 0 Å². The Balaban J connectivity index is 1.39. The van der Waals surface area contributed by atoms with E-state index in [4.69, 9.17) is 30.4 Å². The van der Waals surface area contributed by atoms with E-state index in [-0.39, 0.29) is 63.8 Å². The first-order valence-electron chi connectivity index (χ1n) is 15.8. The molecule has 22 heteroatoms. The minimum absolute atomic E-state index is 0.0660. The van der Waals surface area contributed by atoms with Crippen LogP contribution in [0.1, 0.15) is 12.0 Å². The topological polar surface area (TPSA) is 269 Å². The lowest BCUT2D eigenvalue weighted by Crippen LogP contribution is -2.18. The molecule has 0 aliphatic carbocycles. The van der Waals surface area contributed by atoms with E-state index in [0.29, 0.717) is 22.3 Å². The lowest BCUT2D eigenvalue weighted by atomic mass is 10.1. The first-order valence-corrected chi connectivity index (χ1v) is 20.7. The van der Waals surface area contributed by atoms with E-state index in [1.54, 1.807) is 19.1 Å². The maximum absolute atomic E-state index is 12.7. The number of carbonyl (C=O) groups is 1. The van der Waals surface area contributed by atoms with Crippen molar-refractivity contribution in [1.29, 1.82) is 0 Å². The number of rotatable bonds is 14. The van der Waals surface area contributed by atoms with Gasteiger partial charge in [-0.05, 0) is 91.0 Å². The zero-order valence-corrected chi connectivity index (χ0v) is 32.2. The summed E-state index contributed by atoms with van der Waals surface area (Å²) >= 11 is 5.89. The predicted octanol–water partition coefficient (Wildman–Crippen LogP) is 8.40. The van der Waals surface area contributed by atoms with Crippen LogP contribution < -0.4 is 19.5 Å². The Morgan fingerprint density at radius 2 is 1.41 bits per heavy atom. The van der Waals surface area contributed by atoms with Crippen LogP contribution in [0.25, 0.3) is 10.8 Å². The van der Waals surface area contributed by atoms with E-state index in [1.807, 2.05) is 0 Å². The molecule has 0 atom stereocenters. The Morgan fingerprint density at radius 3 is 2.05 bits per heavy atom. The van der Waals surface area contributed by atoms with Gasteiger partial charge in [0.2, 0.25) is 0 Å². The number of methoxy groups -OCH3 is 1. The van der Waals surface area contributed by atoms with Crippen molar-refractivity contribution < 1.29 is 57.9 Å². The Kier molecular flexibility index (Phi) is 12.7. The molecule has 4 N–H and O–H groups in total. The number of anilines is 1. The smallest absolute Gasteiger partial charge is 0.417 e. The van der Waals surface area contributed by atoms with Crippen LogP contribution in [0.2, 0.25) is 5.02 Å². The van der Waals surface area contributed by atoms with Crippen molar-refractivity contribution in [2.24, 2.45) is 20.5 Å². The normalized spacial score (nSPS) is 12.3. The first-order chi connectivity index (χ1) is 26.3. The van der Waals surface area contributed by atoms with Gasteiger partial charge in [-0.1, -0.05) is 17.7 Å². The average molecular weight is 848 g/mol. The summed E-state index contributed by atoms with van der Waals surface area (Å²) < 4.78 is 114. The molecule has 5 rings (SSSR count). The van der Waals surface area contributed by atoms with E-state index < -0.39 is 52.0 Å². The van der Waals surface area contributed by atoms with Crippen LogP contribution >= 0.6 is 11.6 Å². The summed E-state index contributed by atoms with van der Waals surface area (Å²) in [6, 6.07) is 19.3. The number of amides is 1. The molecule has 0 saturated carbocycles. The summed E-state index contributed by atoms with van der Waals surface area (Å²) in [6.07, 6.45) is -0.924. The molecule has 1 amide bonds. The fourth-order valence-corrected chi connectivity index (χ4v) is 6.87. The van der Waals surface area contributed by atoms with Gasteiger partial charge in [0.05, 0.1) is 47.1 Å². The van der Waals surface area contributed by atoms with Crippen LogP contribution in [0.5, 0.6) is 17.2 Å². The standard InChI is InChI=1S/C34H30ClN5O13S3/c1-20-14-30(36-34(41)53-25-9-5-22(35)6-10-25)32(52-12-3-13-54(42,43)44)19-29(20)40-39-28-11-8-24(17-31(28)51-2)38-37-23-7-4-21-15-26(55(45,46)47)18-33(27(21)16-23)56(48,49)50/h4-11,14-19H,3,12-13H2,1-2H3,(H,36,41)(H,42,43,44)(H,45,46,47)(H,48,49,50). The lowest BCUT2D eigenvalue weighted by molar-refractivity contribution is 0.215. The molecule has 0 radical (unpaired) electrons. The van der Waals surface area contributed by atoms with Crippen molar-refractivity contribution in [1.82, 2.24) is 0 Å². The molecule has 18 nitrogen and oxygen atoms in total. The molecule has 5 aromatic rings. The van der Waals surface area contributed by atoms with E-state index in [1.165, 1.54) is 67.8 Å². The first kappa shape index (κ1) is 41.6. The average Bonchev–Trinajstić information content (AvgIpc) is 3.12. The quantitative estimate of drug-likeness (QED) is 0.0465. The molecular weight excluding hydrogens is 818 g/mol. The van der Waals surface area contributed by atoms with Gasteiger partial charge in [-0.2, -0.15) is 40.6 Å². The van der Waals surface area contributed by atoms with Crippen LogP contribution in [0.3, 0.4) is 0 Å². The number of nitrogens with zero attached hydrogens (tertiary/aromatic N) is 4. The Morgan fingerprint density at radius 1 is 0.750 bits per heavy atom. The number of ether oxygens (including phenoxy) is 3. The predicted molar refractivity (Wildman–Crippen MR) is 204 cm³/mol. The third-order valence-corrected chi connectivity index (χ3v) is 10.3. The number of nitrogens with one attached hydrogen (secondary N) is 1. The van der Waals surface area contributed by atoms with Gasteiger partial charge < -0.3 is 14.2 Å². The monoisotopic (exact) mass is 847 g/mol. The molecular formula is C34H30ClN5O13S3. The van der Waals surface area contributed by atoms with Crippen LogP contribution in [0, 0.1) is 6.92 Å². The highest BCUT2D eigenvalue weighted by atomic mass is 35.5. The molecule has 0 aliphatic heterocycles. The molecule has 0 heterocycles. The number of benzene rings is 5. The fourth-order valence-electron chi connectivity index (χ4n) is 4.92. The third kappa shape index (κ3) is 11.3. The largest absolute Gasteiger partial charge is 0.494 e. The molecule has 0 bridgehead atoms. The Hall–Kier alpha value is -5.55. The highest BCUT2D eigenvalue weighted by molar-refractivity contribution is 7.87. The number of carbonyl (C=O) groups excluding carboxylic acids is 1. The number of fused-ring (bicyclic) bond motifs is 1. The van der Waals surface area contributed by atoms with Crippen LogP contribution in [-0.4, -0.2) is 64.5 Å². The van der Waals surface area contributed by atoms with Crippen molar-refractivity contribution in [3.63, 3.8) is 0 Å². The molecule has 0 saturated heterocycles. The minimum atomic E-state index is -4.91. The second kappa shape index (κ2) is 17.1. The Labute approximate surface area is 325 Å². The second-order valence-corrected chi connectivity index (χ2v) is 16.4. The van der Waals surface area contributed by atoms with Gasteiger partial charge in [-0.15, -0.1) is 5.11 Å². The molecule has 0 unspecified atom stereocenters. The summed E-state index contributed by atoms with van der Waals surface area (Å²) in [7, 11) is -12.6. The van der Waals surface area contributed by atoms with Gasteiger partial charge in [-0.3, -0.25) is 19.0 Å². The molecule has 0 aromatic heterocycles. The number of halogens is 1. The Bertz CT molecular complexity index is 2710. The third-order valence-electron chi connectivity index (χ3n) is 7.52. The highest BCUT2D eigenvalue weighted by Gasteiger charge is 2.21. The molecule has 0 aliphatic rings. The number of hydrogen-bond donors (Lipinski definition) is 4. The van der Waals surface area contributed by atoms with Crippen molar-refractivity contribution in [3.8, 4) is 17.2 Å².